The van der Waals surface area contributed by atoms with E-state index in [1.54, 1.807) is 0 Å². The van der Waals surface area contributed by atoms with Gasteiger partial charge in [-0.2, -0.15) is 0 Å². The van der Waals surface area contributed by atoms with Crippen LogP contribution in [-0.2, 0) is 6.42 Å². The first-order valence-electron chi connectivity index (χ1n) is 9.50. The Hall–Kier alpha value is -2.91. The van der Waals surface area contributed by atoms with Crippen molar-refractivity contribution in [2.45, 2.75) is 13.3 Å². The molecule has 1 aliphatic heterocycles. The number of rotatable bonds is 5. The number of anilines is 1. The van der Waals surface area contributed by atoms with Gasteiger partial charge in [0.25, 0.3) is 0 Å². The SMILES string of the molecule is Cc1cccc(N2CN(CCc3ccccc3)CN=C2c2ccccc2)c1. The Morgan fingerprint density at radius 1 is 0.852 bits per heavy atom. The van der Waals surface area contributed by atoms with Crippen molar-refractivity contribution >= 4 is 11.5 Å². The number of aliphatic imine (C=N–C) groups is 1. The number of nitrogens with zero attached hydrogens (tertiary/aromatic N) is 3. The summed E-state index contributed by atoms with van der Waals surface area (Å²) in [7, 11) is 0. The third-order valence-electron chi connectivity index (χ3n) is 4.92. The van der Waals surface area contributed by atoms with Gasteiger partial charge in [-0.1, -0.05) is 72.8 Å². The molecule has 0 fully saturated rings. The predicted octanol–water partition coefficient (Wildman–Crippen LogP) is 4.72. The Morgan fingerprint density at radius 3 is 2.33 bits per heavy atom. The Kier molecular flexibility index (Phi) is 5.31. The highest BCUT2D eigenvalue weighted by molar-refractivity contribution is 6.10. The van der Waals surface area contributed by atoms with E-state index in [2.05, 4.69) is 102 Å². The van der Waals surface area contributed by atoms with Gasteiger partial charge < -0.3 is 4.90 Å². The molecule has 3 aromatic carbocycles. The minimum absolute atomic E-state index is 0.735. The van der Waals surface area contributed by atoms with Crippen LogP contribution >= 0.6 is 0 Å². The van der Waals surface area contributed by atoms with Crippen molar-refractivity contribution in [1.82, 2.24) is 4.90 Å². The molecule has 0 radical (unpaired) electrons. The van der Waals surface area contributed by atoms with Crippen LogP contribution in [0.2, 0.25) is 0 Å². The van der Waals surface area contributed by atoms with Gasteiger partial charge in [0.15, 0.2) is 0 Å². The maximum Gasteiger partial charge on any atom is 0.137 e. The monoisotopic (exact) mass is 355 g/mol. The van der Waals surface area contributed by atoms with Gasteiger partial charge in [-0.3, -0.25) is 9.89 Å². The molecule has 4 rings (SSSR count). The molecular weight excluding hydrogens is 330 g/mol. The summed E-state index contributed by atoms with van der Waals surface area (Å²) < 4.78 is 0. The van der Waals surface area contributed by atoms with Gasteiger partial charge in [0.1, 0.15) is 5.84 Å². The van der Waals surface area contributed by atoms with E-state index >= 15 is 0 Å². The lowest BCUT2D eigenvalue weighted by molar-refractivity contribution is 0.285. The minimum atomic E-state index is 0.735. The summed E-state index contributed by atoms with van der Waals surface area (Å²) in [6, 6.07) is 29.8. The number of amidine groups is 1. The van der Waals surface area contributed by atoms with Crippen LogP contribution in [-0.4, -0.2) is 30.6 Å². The first kappa shape index (κ1) is 17.5. The Balaban J connectivity index is 1.58. The quantitative estimate of drug-likeness (QED) is 0.659. The topological polar surface area (TPSA) is 18.8 Å². The summed E-state index contributed by atoms with van der Waals surface area (Å²) in [6.07, 6.45) is 1.04. The predicted molar refractivity (Wildman–Crippen MR) is 113 cm³/mol. The third kappa shape index (κ3) is 4.26. The molecule has 0 amide bonds. The molecule has 0 bridgehead atoms. The summed E-state index contributed by atoms with van der Waals surface area (Å²) in [5.74, 6) is 1.05. The average molecular weight is 355 g/mol. The second kappa shape index (κ2) is 8.19. The van der Waals surface area contributed by atoms with E-state index in [1.807, 2.05) is 0 Å². The van der Waals surface area contributed by atoms with E-state index in [0.717, 1.165) is 32.1 Å². The van der Waals surface area contributed by atoms with Crippen molar-refractivity contribution in [1.29, 1.82) is 0 Å². The zero-order chi connectivity index (χ0) is 18.5. The molecule has 3 nitrogen and oxygen atoms in total. The summed E-state index contributed by atoms with van der Waals surface area (Å²) in [6.45, 7) is 4.72. The Morgan fingerprint density at radius 2 is 1.59 bits per heavy atom. The molecule has 1 aliphatic rings. The smallest absolute Gasteiger partial charge is 0.137 e. The van der Waals surface area contributed by atoms with Crippen molar-refractivity contribution in [2.24, 2.45) is 4.99 Å². The largest absolute Gasteiger partial charge is 0.313 e. The van der Waals surface area contributed by atoms with E-state index in [1.165, 1.54) is 22.4 Å². The average Bonchev–Trinajstić information content (AvgIpc) is 2.73. The van der Waals surface area contributed by atoms with Crippen LogP contribution in [0.1, 0.15) is 16.7 Å². The number of benzene rings is 3. The molecule has 0 N–H and O–H groups in total. The number of aryl methyl sites for hydroxylation is 1. The minimum Gasteiger partial charge on any atom is -0.313 e. The normalized spacial score (nSPS) is 14.9. The van der Waals surface area contributed by atoms with Crippen LogP contribution in [0.4, 0.5) is 5.69 Å². The number of hydrogen-bond donors (Lipinski definition) is 0. The van der Waals surface area contributed by atoms with E-state index in [0.29, 0.717) is 0 Å². The zero-order valence-corrected chi connectivity index (χ0v) is 15.8. The molecule has 3 heteroatoms. The molecule has 0 atom stereocenters. The molecule has 0 aromatic heterocycles. The van der Waals surface area contributed by atoms with Gasteiger partial charge in [0, 0.05) is 17.8 Å². The lowest BCUT2D eigenvalue weighted by Gasteiger charge is -2.36. The summed E-state index contributed by atoms with van der Waals surface area (Å²) in [5, 5.41) is 0. The highest BCUT2D eigenvalue weighted by atomic mass is 15.4. The van der Waals surface area contributed by atoms with Crippen molar-refractivity contribution in [3.05, 3.63) is 102 Å². The van der Waals surface area contributed by atoms with Crippen LogP contribution < -0.4 is 4.90 Å². The highest BCUT2D eigenvalue weighted by Crippen LogP contribution is 2.22. The second-order valence-corrected chi connectivity index (χ2v) is 7.03. The van der Waals surface area contributed by atoms with Crippen LogP contribution in [0, 0.1) is 6.92 Å². The van der Waals surface area contributed by atoms with E-state index in [9.17, 15) is 0 Å². The summed E-state index contributed by atoms with van der Waals surface area (Å²) >= 11 is 0. The first-order chi connectivity index (χ1) is 13.3. The van der Waals surface area contributed by atoms with Crippen molar-refractivity contribution in [2.75, 3.05) is 24.8 Å². The van der Waals surface area contributed by atoms with Crippen LogP contribution in [0.15, 0.2) is 89.9 Å². The van der Waals surface area contributed by atoms with Crippen LogP contribution in [0.25, 0.3) is 0 Å². The second-order valence-electron chi connectivity index (χ2n) is 7.03. The molecule has 0 saturated carbocycles. The van der Waals surface area contributed by atoms with Crippen molar-refractivity contribution < 1.29 is 0 Å². The van der Waals surface area contributed by atoms with Gasteiger partial charge in [0.05, 0.1) is 13.3 Å². The van der Waals surface area contributed by atoms with Crippen LogP contribution in [0.3, 0.4) is 0 Å². The lowest BCUT2D eigenvalue weighted by Crippen LogP contribution is -2.47. The third-order valence-corrected chi connectivity index (χ3v) is 4.92. The molecule has 0 saturated heterocycles. The number of hydrogen-bond acceptors (Lipinski definition) is 3. The van der Waals surface area contributed by atoms with Crippen molar-refractivity contribution in [3.8, 4) is 0 Å². The Labute approximate surface area is 161 Å². The molecule has 1 heterocycles. The fraction of sp³-hybridized carbons (Fsp3) is 0.208. The zero-order valence-electron chi connectivity index (χ0n) is 15.8. The molecular formula is C24H25N3. The van der Waals surface area contributed by atoms with E-state index in [-0.39, 0.29) is 0 Å². The van der Waals surface area contributed by atoms with Gasteiger partial charge in [-0.25, -0.2) is 0 Å². The van der Waals surface area contributed by atoms with Gasteiger partial charge in [-0.05, 0) is 36.6 Å². The summed E-state index contributed by atoms with van der Waals surface area (Å²) in [5.41, 5.74) is 5.00. The highest BCUT2D eigenvalue weighted by Gasteiger charge is 2.23. The lowest BCUT2D eigenvalue weighted by atomic mass is 10.1. The van der Waals surface area contributed by atoms with Gasteiger partial charge in [0.2, 0.25) is 0 Å². The molecule has 3 aromatic rings. The first-order valence-corrected chi connectivity index (χ1v) is 9.50. The molecule has 0 aliphatic carbocycles. The van der Waals surface area contributed by atoms with Gasteiger partial charge >= 0.3 is 0 Å². The molecule has 0 unspecified atom stereocenters. The maximum absolute atomic E-state index is 4.95. The molecule has 0 spiro atoms. The van der Waals surface area contributed by atoms with Crippen LogP contribution in [0.5, 0.6) is 0 Å². The summed E-state index contributed by atoms with van der Waals surface area (Å²) in [4.78, 5) is 9.68. The Bertz CT molecular complexity index is 903. The standard InChI is InChI=1S/C24H25N3/c1-20-9-8-14-23(17-20)27-19-26(16-15-21-10-4-2-5-11-21)18-25-24(27)22-12-6-3-7-13-22/h2-14,17H,15-16,18-19H2,1H3. The van der Waals surface area contributed by atoms with Gasteiger partial charge in [-0.15, -0.1) is 0 Å². The fourth-order valence-corrected chi connectivity index (χ4v) is 3.47. The van der Waals surface area contributed by atoms with E-state index < -0.39 is 0 Å². The van der Waals surface area contributed by atoms with E-state index in [4.69, 9.17) is 4.99 Å². The maximum atomic E-state index is 4.95. The molecule has 136 valence electrons. The fourth-order valence-electron chi connectivity index (χ4n) is 3.47. The van der Waals surface area contributed by atoms with Crippen molar-refractivity contribution in [3.63, 3.8) is 0 Å². The molecule has 27 heavy (non-hydrogen) atoms.